The number of nitrogens with one attached hydrogen (secondary N) is 2. The zero-order valence-electron chi connectivity index (χ0n) is 13.5. The third-order valence-electron chi connectivity index (χ3n) is 3.36. The molecule has 0 amide bonds. The lowest BCUT2D eigenvalue weighted by molar-refractivity contribution is 0.278. The van der Waals surface area contributed by atoms with Gasteiger partial charge in [0.05, 0.1) is 0 Å². The van der Waals surface area contributed by atoms with Gasteiger partial charge in [-0.2, -0.15) is 0 Å². The molecule has 0 bridgehead atoms. The first-order chi connectivity index (χ1) is 9.33. The van der Waals surface area contributed by atoms with Crippen LogP contribution in [0.15, 0.2) is 0 Å². The molecule has 5 heteroatoms. The van der Waals surface area contributed by atoms with Crippen LogP contribution in [0.2, 0.25) is 0 Å². The van der Waals surface area contributed by atoms with Crippen molar-refractivity contribution in [3.63, 3.8) is 0 Å². The number of nitrogens with zero attached hydrogens (tertiary/aromatic N) is 2. The fourth-order valence-corrected chi connectivity index (χ4v) is 1.96. The highest BCUT2D eigenvalue weighted by Crippen LogP contribution is 2.26. The van der Waals surface area contributed by atoms with Crippen LogP contribution in [-0.4, -0.2) is 34.8 Å². The van der Waals surface area contributed by atoms with Gasteiger partial charge < -0.3 is 15.7 Å². The van der Waals surface area contributed by atoms with Gasteiger partial charge in [0.1, 0.15) is 17.5 Å². The molecule has 0 aliphatic rings. The summed E-state index contributed by atoms with van der Waals surface area (Å²) in [4.78, 5) is 9.27. The molecule has 0 aliphatic heterocycles. The Morgan fingerprint density at radius 1 is 1.20 bits per heavy atom. The molecule has 0 fully saturated rings. The van der Waals surface area contributed by atoms with E-state index in [2.05, 4.69) is 48.3 Å². The van der Waals surface area contributed by atoms with E-state index in [9.17, 15) is 0 Å². The van der Waals surface area contributed by atoms with Crippen molar-refractivity contribution in [1.82, 2.24) is 9.97 Å². The summed E-state index contributed by atoms with van der Waals surface area (Å²) in [5, 5.41) is 15.7. The van der Waals surface area contributed by atoms with Crippen LogP contribution in [0.1, 0.15) is 51.9 Å². The molecular weight excluding hydrogens is 252 g/mol. The molecule has 0 aliphatic carbocycles. The fourth-order valence-electron chi connectivity index (χ4n) is 1.96. The van der Waals surface area contributed by atoms with Crippen LogP contribution in [0.5, 0.6) is 0 Å². The van der Waals surface area contributed by atoms with Crippen molar-refractivity contribution in [2.45, 2.75) is 58.9 Å². The maximum atomic E-state index is 9.11. The first-order valence-electron chi connectivity index (χ1n) is 7.27. The Morgan fingerprint density at radius 2 is 1.80 bits per heavy atom. The Kier molecular flexibility index (Phi) is 5.74. The van der Waals surface area contributed by atoms with Gasteiger partial charge in [0.15, 0.2) is 0 Å². The molecule has 1 aromatic heterocycles. The predicted octanol–water partition coefficient (Wildman–Crippen LogP) is 2.70. The van der Waals surface area contributed by atoms with E-state index in [1.807, 2.05) is 14.0 Å². The lowest BCUT2D eigenvalue weighted by Crippen LogP contribution is -2.24. The zero-order valence-corrected chi connectivity index (χ0v) is 13.5. The molecule has 1 heterocycles. The van der Waals surface area contributed by atoms with E-state index in [-0.39, 0.29) is 18.1 Å². The van der Waals surface area contributed by atoms with Crippen LogP contribution >= 0.6 is 0 Å². The lowest BCUT2D eigenvalue weighted by atomic mass is 9.95. The summed E-state index contributed by atoms with van der Waals surface area (Å²) in [6.45, 7) is 10.6. The maximum absolute atomic E-state index is 9.11. The molecule has 5 nitrogen and oxygen atoms in total. The van der Waals surface area contributed by atoms with Crippen LogP contribution in [0.3, 0.4) is 0 Å². The van der Waals surface area contributed by atoms with Crippen molar-refractivity contribution < 1.29 is 5.11 Å². The van der Waals surface area contributed by atoms with Gasteiger partial charge in [-0.15, -0.1) is 0 Å². The van der Waals surface area contributed by atoms with E-state index in [0.29, 0.717) is 0 Å². The average molecular weight is 280 g/mol. The number of hydrogen-bond donors (Lipinski definition) is 3. The van der Waals surface area contributed by atoms with Gasteiger partial charge in [-0.3, -0.25) is 0 Å². The van der Waals surface area contributed by atoms with Crippen LogP contribution in [0.4, 0.5) is 11.6 Å². The van der Waals surface area contributed by atoms with Gasteiger partial charge in [0, 0.05) is 30.7 Å². The number of aliphatic hydroxyl groups is 1. The van der Waals surface area contributed by atoms with E-state index >= 15 is 0 Å². The number of aliphatic hydroxyl groups excluding tert-OH is 1. The van der Waals surface area contributed by atoms with Gasteiger partial charge in [0.2, 0.25) is 0 Å². The minimum absolute atomic E-state index is 0.103. The average Bonchev–Trinajstić information content (AvgIpc) is 2.38. The number of anilines is 2. The topological polar surface area (TPSA) is 70.1 Å². The Balaban J connectivity index is 3.16. The molecule has 0 spiro atoms. The highest BCUT2D eigenvalue weighted by molar-refractivity contribution is 5.57. The highest BCUT2D eigenvalue weighted by atomic mass is 16.3. The highest BCUT2D eigenvalue weighted by Gasteiger charge is 2.21. The molecule has 1 atom stereocenters. The summed E-state index contributed by atoms with van der Waals surface area (Å²) in [7, 11) is 1.87. The standard InChI is InChI=1S/C15H28N4O/c1-7-11(8-9-20)17-13-10(2)12(16-6)18-14(19-13)15(3,4)5/h11,20H,7-9H2,1-6H3,(H2,16,17,18,19). The normalized spacial score (nSPS) is 13.2. The Bertz CT molecular complexity index is 440. The minimum Gasteiger partial charge on any atom is -0.396 e. The van der Waals surface area contributed by atoms with Crippen LogP contribution in [0.25, 0.3) is 0 Å². The third kappa shape index (κ3) is 4.07. The summed E-state index contributed by atoms with van der Waals surface area (Å²) in [5.41, 5.74) is 0.908. The van der Waals surface area contributed by atoms with Gasteiger partial charge in [-0.1, -0.05) is 27.7 Å². The molecule has 0 saturated carbocycles. The summed E-state index contributed by atoms with van der Waals surface area (Å²) >= 11 is 0. The van der Waals surface area contributed by atoms with E-state index < -0.39 is 0 Å². The molecule has 3 N–H and O–H groups in total. The third-order valence-corrected chi connectivity index (χ3v) is 3.36. The lowest BCUT2D eigenvalue weighted by Gasteiger charge is -2.23. The SMILES string of the molecule is CCC(CCO)Nc1nc(C(C)(C)C)nc(NC)c1C. The second-order valence-electron chi connectivity index (χ2n) is 6.13. The first kappa shape index (κ1) is 16.7. The van der Waals surface area contributed by atoms with Gasteiger partial charge >= 0.3 is 0 Å². The molecule has 20 heavy (non-hydrogen) atoms. The zero-order chi connectivity index (χ0) is 15.3. The van der Waals surface area contributed by atoms with E-state index in [0.717, 1.165) is 35.9 Å². The van der Waals surface area contributed by atoms with Crippen molar-refractivity contribution in [3.8, 4) is 0 Å². The molecule has 114 valence electrons. The first-order valence-corrected chi connectivity index (χ1v) is 7.27. The molecular formula is C15H28N4O. The van der Waals surface area contributed by atoms with Crippen LogP contribution in [-0.2, 0) is 5.41 Å². The summed E-state index contributed by atoms with van der Waals surface area (Å²) in [6.07, 6.45) is 1.67. The second-order valence-corrected chi connectivity index (χ2v) is 6.13. The molecule has 0 saturated heterocycles. The number of hydrogen-bond acceptors (Lipinski definition) is 5. The molecule has 1 aromatic rings. The van der Waals surface area contributed by atoms with Crippen molar-refractivity contribution in [2.75, 3.05) is 24.3 Å². The van der Waals surface area contributed by atoms with Crippen molar-refractivity contribution in [1.29, 1.82) is 0 Å². The van der Waals surface area contributed by atoms with E-state index in [4.69, 9.17) is 5.11 Å². The monoisotopic (exact) mass is 280 g/mol. The predicted molar refractivity (Wildman–Crippen MR) is 84.4 cm³/mol. The molecule has 0 aromatic carbocycles. The maximum Gasteiger partial charge on any atom is 0.138 e. The van der Waals surface area contributed by atoms with Crippen molar-refractivity contribution in [2.24, 2.45) is 0 Å². The molecule has 1 rings (SSSR count). The Labute approximate surface area is 122 Å². The number of rotatable bonds is 6. The Hall–Kier alpha value is -1.36. The minimum atomic E-state index is -0.103. The summed E-state index contributed by atoms with van der Waals surface area (Å²) in [6, 6.07) is 0.228. The smallest absolute Gasteiger partial charge is 0.138 e. The van der Waals surface area contributed by atoms with E-state index in [1.54, 1.807) is 0 Å². The largest absolute Gasteiger partial charge is 0.396 e. The van der Waals surface area contributed by atoms with Crippen LogP contribution < -0.4 is 10.6 Å². The van der Waals surface area contributed by atoms with Gasteiger partial charge in [-0.05, 0) is 19.8 Å². The number of aromatic nitrogens is 2. The fraction of sp³-hybridized carbons (Fsp3) is 0.733. The van der Waals surface area contributed by atoms with E-state index in [1.165, 1.54) is 0 Å². The van der Waals surface area contributed by atoms with Crippen molar-refractivity contribution in [3.05, 3.63) is 11.4 Å². The van der Waals surface area contributed by atoms with Crippen LogP contribution in [0, 0.1) is 6.92 Å². The quantitative estimate of drug-likeness (QED) is 0.747. The summed E-state index contributed by atoms with van der Waals surface area (Å²) < 4.78 is 0. The van der Waals surface area contributed by atoms with Gasteiger partial charge in [0.25, 0.3) is 0 Å². The van der Waals surface area contributed by atoms with Crippen molar-refractivity contribution >= 4 is 11.6 Å². The second kappa shape index (κ2) is 6.88. The molecule has 0 radical (unpaired) electrons. The van der Waals surface area contributed by atoms with Gasteiger partial charge in [-0.25, -0.2) is 9.97 Å². The molecule has 1 unspecified atom stereocenters. The Morgan fingerprint density at radius 3 is 2.25 bits per heavy atom. The summed E-state index contributed by atoms with van der Waals surface area (Å²) in [5.74, 6) is 2.52.